The van der Waals surface area contributed by atoms with Crippen LogP contribution in [0.15, 0.2) is 66.7 Å². The molecule has 1 heterocycles. The molecule has 0 saturated heterocycles. The van der Waals surface area contributed by atoms with Crippen LogP contribution in [0.1, 0.15) is 51.5 Å². The molecule has 0 N–H and O–H groups in total. The summed E-state index contributed by atoms with van der Waals surface area (Å²) in [6, 6.07) is 18.6. The average Bonchev–Trinajstić information content (AvgIpc) is 2.99. The van der Waals surface area contributed by atoms with Crippen molar-refractivity contribution < 1.29 is 14.3 Å². The van der Waals surface area contributed by atoms with Crippen molar-refractivity contribution in [3.05, 3.63) is 94.8 Å². The average molecular weight is 387 g/mol. The van der Waals surface area contributed by atoms with E-state index in [-0.39, 0.29) is 17.9 Å². The van der Waals surface area contributed by atoms with Crippen molar-refractivity contribution in [3.8, 4) is 5.69 Å². The van der Waals surface area contributed by atoms with Gasteiger partial charge in [-0.2, -0.15) is 0 Å². The Bertz CT molecular complexity index is 1040. The number of esters is 1. The van der Waals surface area contributed by atoms with Gasteiger partial charge < -0.3 is 9.30 Å². The van der Waals surface area contributed by atoms with Crippen molar-refractivity contribution in [2.45, 2.75) is 33.8 Å². The zero-order valence-corrected chi connectivity index (χ0v) is 17.2. The molecule has 3 aromatic rings. The van der Waals surface area contributed by atoms with Gasteiger partial charge in [-0.1, -0.05) is 30.3 Å². The van der Waals surface area contributed by atoms with Crippen molar-refractivity contribution in [1.29, 1.82) is 0 Å². The number of aromatic nitrogens is 1. The molecule has 0 atom stereocenters. The van der Waals surface area contributed by atoms with E-state index in [0.717, 1.165) is 22.6 Å². The SMILES string of the molecule is Cc1cc(/C=C/C(=O)c2ccccc2)c(C)n1-c1ccc(C(=O)OC(C)C)cc1. The van der Waals surface area contributed by atoms with E-state index in [1.807, 2.05) is 82.3 Å². The minimum Gasteiger partial charge on any atom is -0.459 e. The van der Waals surface area contributed by atoms with E-state index >= 15 is 0 Å². The second-order valence-electron chi connectivity index (χ2n) is 7.23. The van der Waals surface area contributed by atoms with Crippen LogP contribution in [-0.4, -0.2) is 22.4 Å². The number of allylic oxidation sites excluding steroid dienone is 1. The molecule has 29 heavy (non-hydrogen) atoms. The van der Waals surface area contributed by atoms with Crippen LogP contribution in [0, 0.1) is 13.8 Å². The molecular weight excluding hydrogens is 362 g/mol. The third-order valence-corrected chi connectivity index (χ3v) is 4.65. The lowest BCUT2D eigenvalue weighted by atomic mass is 10.1. The van der Waals surface area contributed by atoms with Gasteiger partial charge in [-0.15, -0.1) is 0 Å². The Hall–Kier alpha value is -3.40. The maximum absolute atomic E-state index is 12.3. The lowest BCUT2D eigenvalue weighted by Gasteiger charge is -2.11. The molecule has 0 bridgehead atoms. The quantitative estimate of drug-likeness (QED) is 0.316. The summed E-state index contributed by atoms with van der Waals surface area (Å²) in [7, 11) is 0. The highest BCUT2D eigenvalue weighted by Gasteiger charge is 2.12. The zero-order chi connectivity index (χ0) is 21.0. The predicted molar refractivity (Wildman–Crippen MR) is 116 cm³/mol. The molecule has 0 spiro atoms. The first-order valence-electron chi connectivity index (χ1n) is 9.64. The van der Waals surface area contributed by atoms with Crippen molar-refractivity contribution in [3.63, 3.8) is 0 Å². The van der Waals surface area contributed by atoms with Gasteiger partial charge in [-0.05, 0) is 75.7 Å². The highest BCUT2D eigenvalue weighted by atomic mass is 16.5. The van der Waals surface area contributed by atoms with Gasteiger partial charge in [-0.3, -0.25) is 4.79 Å². The van der Waals surface area contributed by atoms with Crippen molar-refractivity contribution in [2.75, 3.05) is 0 Å². The highest BCUT2D eigenvalue weighted by Crippen LogP contribution is 2.22. The number of hydrogen-bond donors (Lipinski definition) is 0. The van der Waals surface area contributed by atoms with Crippen LogP contribution in [0.25, 0.3) is 11.8 Å². The van der Waals surface area contributed by atoms with Gasteiger partial charge in [0.1, 0.15) is 0 Å². The number of hydrogen-bond acceptors (Lipinski definition) is 3. The number of ether oxygens (including phenoxy) is 1. The molecule has 0 radical (unpaired) electrons. The van der Waals surface area contributed by atoms with Crippen LogP contribution in [0.5, 0.6) is 0 Å². The van der Waals surface area contributed by atoms with Gasteiger partial charge in [0.25, 0.3) is 0 Å². The number of benzene rings is 2. The normalized spacial score (nSPS) is 11.2. The summed E-state index contributed by atoms with van der Waals surface area (Å²) in [6.45, 7) is 7.69. The predicted octanol–water partition coefficient (Wildman–Crippen LogP) is 5.56. The molecule has 3 rings (SSSR count). The van der Waals surface area contributed by atoms with Gasteiger partial charge in [0.15, 0.2) is 5.78 Å². The molecule has 0 aliphatic rings. The molecule has 4 nitrogen and oxygen atoms in total. The summed E-state index contributed by atoms with van der Waals surface area (Å²) in [4.78, 5) is 24.4. The van der Waals surface area contributed by atoms with Gasteiger partial charge >= 0.3 is 5.97 Å². The standard InChI is InChI=1S/C25H25NO3/c1-17(2)29-25(28)21-10-13-23(14-11-21)26-18(3)16-22(19(26)4)12-15-24(27)20-8-6-5-7-9-20/h5-17H,1-4H3/b15-12+. The maximum Gasteiger partial charge on any atom is 0.338 e. The van der Waals surface area contributed by atoms with E-state index in [2.05, 4.69) is 4.57 Å². The second kappa shape index (κ2) is 8.74. The third-order valence-electron chi connectivity index (χ3n) is 4.65. The number of aryl methyl sites for hydroxylation is 1. The Morgan fingerprint density at radius 3 is 2.21 bits per heavy atom. The van der Waals surface area contributed by atoms with Crippen LogP contribution in [0.4, 0.5) is 0 Å². The third kappa shape index (κ3) is 4.72. The molecule has 4 heteroatoms. The molecule has 0 fully saturated rings. The largest absolute Gasteiger partial charge is 0.459 e. The smallest absolute Gasteiger partial charge is 0.338 e. The van der Waals surface area contributed by atoms with E-state index in [1.54, 1.807) is 18.2 Å². The zero-order valence-electron chi connectivity index (χ0n) is 17.2. The Labute approximate surface area is 171 Å². The van der Waals surface area contributed by atoms with E-state index in [4.69, 9.17) is 4.74 Å². The number of carbonyl (C=O) groups is 2. The summed E-state index contributed by atoms with van der Waals surface area (Å²) >= 11 is 0. The van der Waals surface area contributed by atoms with Gasteiger partial charge in [-0.25, -0.2) is 4.79 Å². The highest BCUT2D eigenvalue weighted by molar-refractivity contribution is 6.06. The molecule has 2 aromatic carbocycles. The minimum atomic E-state index is -0.324. The first-order valence-corrected chi connectivity index (χ1v) is 9.64. The van der Waals surface area contributed by atoms with Crippen molar-refractivity contribution >= 4 is 17.8 Å². The van der Waals surface area contributed by atoms with E-state index in [9.17, 15) is 9.59 Å². The Morgan fingerprint density at radius 2 is 1.59 bits per heavy atom. The van der Waals surface area contributed by atoms with Crippen LogP contribution in [0.2, 0.25) is 0 Å². The lowest BCUT2D eigenvalue weighted by Crippen LogP contribution is -2.11. The van der Waals surface area contributed by atoms with Crippen LogP contribution < -0.4 is 0 Å². The summed E-state index contributed by atoms with van der Waals surface area (Å²) in [5, 5.41) is 0. The maximum atomic E-state index is 12.3. The number of nitrogens with zero attached hydrogens (tertiary/aromatic N) is 1. The van der Waals surface area contributed by atoms with E-state index in [1.165, 1.54) is 0 Å². The molecule has 0 aliphatic carbocycles. The molecule has 1 aromatic heterocycles. The number of ketones is 1. The van der Waals surface area contributed by atoms with Crippen molar-refractivity contribution in [1.82, 2.24) is 4.57 Å². The molecule has 0 unspecified atom stereocenters. The monoisotopic (exact) mass is 387 g/mol. The summed E-state index contributed by atoms with van der Waals surface area (Å²) in [6.07, 6.45) is 3.30. The first kappa shape index (κ1) is 20.3. The fourth-order valence-electron chi connectivity index (χ4n) is 3.25. The van der Waals surface area contributed by atoms with Gasteiger partial charge in [0, 0.05) is 22.6 Å². The Balaban J connectivity index is 1.83. The van der Waals surface area contributed by atoms with Crippen LogP contribution in [0.3, 0.4) is 0 Å². The Morgan fingerprint density at radius 1 is 0.931 bits per heavy atom. The van der Waals surface area contributed by atoms with E-state index in [0.29, 0.717) is 11.1 Å². The molecular formula is C25H25NO3. The Kier molecular flexibility index (Phi) is 6.13. The first-order chi connectivity index (χ1) is 13.9. The molecule has 148 valence electrons. The van der Waals surface area contributed by atoms with Crippen LogP contribution >= 0.6 is 0 Å². The fourth-order valence-corrected chi connectivity index (χ4v) is 3.25. The lowest BCUT2D eigenvalue weighted by molar-refractivity contribution is 0.0378. The molecule has 0 amide bonds. The molecule has 0 saturated carbocycles. The van der Waals surface area contributed by atoms with Gasteiger partial charge in [0.05, 0.1) is 11.7 Å². The number of carbonyl (C=O) groups excluding carboxylic acids is 2. The summed E-state index contributed by atoms with van der Waals surface area (Å²) in [5.74, 6) is -0.348. The molecule has 0 aliphatic heterocycles. The second-order valence-corrected chi connectivity index (χ2v) is 7.23. The summed E-state index contributed by atoms with van der Waals surface area (Å²) in [5.41, 5.74) is 5.20. The number of rotatable bonds is 6. The van der Waals surface area contributed by atoms with Crippen LogP contribution in [-0.2, 0) is 4.74 Å². The summed E-state index contributed by atoms with van der Waals surface area (Å²) < 4.78 is 7.34. The van der Waals surface area contributed by atoms with Crippen molar-refractivity contribution in [2.24, 2.45) is 0 Å². The topological polar surface area (TPSA) is 48.3 Å². The van der Waals surface area contributed by atoms with E-state index < -0.39 is 0 Å². The fraction of sp³-hybridized carbons (Fsp3) is 0.200. The van der Waals surface area contributed by atoms with Gasteiger partial charge in [0.2, 0.25) is 0 Å². The minimum absolute atomic E-state index is 0.0246.